The summed E-state index contributed by atoms with van der Waals surface area (Å²) in [6.07, 6.45) is 2.49. The predicted octanol–water partition coefficient (Wildman–Crippen LogP) is 2.76. The molecule has 3 rings (SSSR count). The zero-order chi connectivity index (χ0) is 14.9. The number of ether oxygens (including phenoxy) is 2. The minimum atomic E-state index is -0.706. The van der Waals surface area contributed by atoms with Crippen LogP contribution in [0.15, 0.2) is 24.3 Å². The first-order valence-corrected chi connectivity index (χ1v) is 7.67. The molecule has 1 aromatic rings. The highest BCUT2D eigenvalue weighted by Gasteiger charge is 2.51. The predicted molar refractivity (Wildman–Crippen MR) is 80.9 cm³/mol. The number of benzene rings is 1. The smallest absolute Gasteiger partial charge is 0.235 e. The van der Waals surface area contributed by atoms with E-state index in [0.29, 0.717) is 19.8 Å². The van der Waals surface area contributed by atoms with Crippen LogP contribution in [0.5, 0.6) is 0 Å². The molecule has 2 fully saturated rings. The third-order valence-electron chi connectivity index (χ3n) is 4.33. The molecule has 1 amide bonds. The van der Waals surface area contributed by atoms with Crippen LogP contribution in [0.1, 0.15) is 31.7 Å². The van der Waals surface area contributed by atoms with E-state index in [1.807, 2.05) is 29.2 Å². The summed E-state index contributed by atoms with van der Waals surface area (Å²) in [5.74, 6) is -0.799. The molecule has 4 nitrogen and oxygen atoms in total. The summed E-state index contributed by atoms with van der Waals surface area (Å²) in [6, 6.07) is 7.77. The molecule has 0 aromatic heterocycles. The van der Waals surface area contributed by atoms with E-state index in [-0.39, 0.29) is 11.8 Å². The molecule has 2 saturated heterocycles. The third-order valence-corrected chi connectivity index (χ3v) is 4.33. The van der Waals surface area contributed by atoms with Gasteiger partial charge in [0.1, 0.15) is 0 Å². The highest BCUT2D eigenvalue weighted by molar-refractivity contribution is 5.97. The van der Waals surface area contributed by atoms with Gasteiger partial charge in [-0.3, -0.25) is 4.79 Å². The maximum Gasteiger partial charge on any atom is 0.235 e. The van der Waals surface area contributed by atoms with Gasteiger partial charge in [0.15, 0.2) is 5.79 Å². The van der Waals surface area contributed by atoms with Crippen LogP contribution in [0, 0.1) is 12.8 Å². The maximum atomic E-state index is 12.8. The lowest BCUT2D eigenvalue weighted by molar-refractivity contribution is -0.198. The van der Waals surface area contributed by atoms with Crippen LogP contribution in [-0.4, -0.2) is 31.5 Å². The number of nitrogens with zero attached hydrogens (tertiary/aromatic N) is 1. The van der Waals surface area contributed by atoms with Crippen molar-refractivity contribution in [1.82, 2.24) is 0 Å². The minimum Gasteiger partial charge on any atom is -0.347 e. The molecular formula is C17H22NO3. The van der Waals surface area contributed by atoms with Crippen molar-refractivity contribution in [2.24, 2.45) is 5.92 Å². The van der Waals surface area contributed by atoms with E-state index in [1.54, 1.807) is 0 Å². The number of carbonyl (C=O) groups is 1. The van der Waals surface area contributed by atoms with Gasteiger partial charge in [0.25, 0.3) is 0 Å². The lowest BCUT2D eigenvalue weighted by atomic mass is 9.93. The first-order chi connectivity index (χ1) is 10.2. The van der Waals surface area contributed by atoms with E-state index < -0.39 is 5.79 Å². The molecule has 2 aliphatic heterocycles. The van der Waals surface area contributed by atoms with Crippen molar-refractivity contribution in [2.75, 3.05) is 24.7 Å². The summed E-state index contributed by atoms with van der Waals surface area (Å²) in [6.45, 7) is 7.90. The van der Waals surface area contributed by atoms with Crippen molar-refractivity contribution in [1.29, 1.82) is 0 Å². The Morgan fingerprint density at radius 1 is 1.38 bits per heavy atom. The molecule has 1 radical (unpaired) electrons. The van der Waals surface area contributed by atoms with Crippen molar-refractivity contribution < 1.29 is 14.3 Å². The normalized spacial score (nSPS) is 24.8. The fourth-order valence-corrected chi connectivity index (χ4v) is 3.41. The van der Waals surface area contributed by atoms with Crippen LogP contribution in [0.25, 0.3) is 0 Å². The molecule has 2 aliphatic rings. The van der Waals surface area contributed by atoms with Gasteiger partial charge in [-0.05, 0) is 31.0 Å². The van der Waals surface area contributed by atoms with Crippen LogP contribution in [0.3, 0.4) is 0 Å². The summed E-state index contributed by atoms with van der Waals surface area (Å²) in [5.41, 5.74) is 1.83. The first kappa shape index (κ1) is 14.5. The highest BCUT2D eigenvalue weighted by Crippen LogP contribution is 2.40. The molecule has 1 atom stereocenters. The van der Waals surface area contributed by atoms with Crippen molar-refractivity contribution >= 4 is 11.6 Å². The van der Waals surface area contributed by atoms with Gasteiger partial charge in [0.05, 0.1) is 19.1 Å². The summed E-state index contributed by atoms with van der Waals surface area (Å²) in [5, 5.41) is 0. The zero-order valence-corrected chi connectivity index (χ0v) is 12.5. The van der Waals surface area contributed by atoms with E-state index >= 15 is 0 Å². The number of hydrogen-bond donors (Lipinski definition) is 0. The topological polar surface area (TPSA) is 38.8 Å². The lowest BCUT2D eigenvalue weighted by Gasteiger charge is -2.32. The molecule has 2 heterocycles. The number of hydrogen-bond acceptors (Lipinski definition) is 3. The number of rotatable bonds is 4. The van der Waals surface area contributed by atoms with E-state index in [1.165, 1.54) is 0 Å². The fraction of sp³-hybridized carbons (Fsp3) is 0.529. The summed E-state index contributed by atoms with van der Waals surface area (Å²) in [7, 11) is 0. The van der Waals surface area contributed by atoms with Crippen LogP contribution >= 0.6 is 0 Å². The Kier molecular flexibility index (Phi) is 4.00. The van der Waals surface area contributed by atoms with Gasteiger partial charge in [-0.2, -0.15) is 0 Å². The molecular weight excluding hydrogens is 266 g/mol. The molecule has 1 aromatic carbocycles. The number of anilines is 1. The molecule has 0 N–H and O–H groups in total. The van der Waals surface area contributed by atoms with E-state index in [4.69, 9.17) is 9.47 Å². The standard InChI is InChI=1S/C17H22NO3/c1-3-8-17(20-10-11-21-17)15-7-9-18(16(15)19)14-6-4-5-13(2)12-14/h4-6,12,15H,2-3,7-11H2,1H3. The average Bonchev–Trinajstić information content (AvgIpc) is 3.07. The van der Waals surface area contributed by atoms with Crippen LogP contribution in [0.4, 0.5) is 5.69 Å². The van der Waals surface area contributed by atoms with E-state index in [2.05, 4.69) is 13.8 Å². The van der Waals surface area contributed by atoms with Crippen molar-refractivity contribution in [3.63, 3.8) is 0 Å². The SMILES string of the molecule is [CH2]c1cccc(N2CCC(C3(CCC)OCCO3)C2=O)c1. The zero-order valence-electron chi connectivity index (χ0n) is 12.5. The monoisotopic (exact) mass is 288 g/mol. The van der Waals surface area contributed by atoms with Gasteiger partial charge in [0.2, 0.25) is 5.91 Å². The van der Waals surface area contributed by atoms with Gasteiger partial charge in [-0.1, -0.05) is 25.5 Å². The Balaban J connectivity index is 1.83. The highest BCUT2D eigenvalue weighted by atomic mass is 16.7. The molecule has 0 saturated carbocycles. The van der Waals surface area contributed by atoms with Crippen molar-refractivity contribution in [3.8, 4) is 0 Å². The molecule has 21 heavy (non-hydrogen) atoms. The Bertz CT molecular complexity index is 523. The summed E-state index contributed by atoms with van der Waals surface area (Å²) < 4.78 is 11.7. The molecule has 4 heteroatoms. The second kappa shape index (κ2) is 5.78. The average molecular weight is 288 g/mol. The Labute approximate surface area is 126 Å². The molecule has 0 spiro atoms. The maximum absolute atomic E-state index is 12.8. The third kappa shape index (κ3) is 2.58. The van der Waals surface area contributed by atoms with E-state index in [0.717, 1.165) is 30.5 Å². The Morgan fingerprint density at radius 3 is 2.81 bits per heavy atom. The minimum absolute atomic E-state index is 0.107. The second-order valence-corrected chi connectivity index (χ2v) is 5.76. The van der Waals surface area contributed by atoms with Crippen molar-refractivity contribution in [3.05, 3.63) is 36.8 Å². The number of carbonyl (C=O) groups excluding carboxylic acids is 1. The molecule has 0 bridgehead atoms. The van der Waals surface area contributed by atoms with Gasteiger partial charge >= 0.3 is 0 Å². The molecule has 113 valence electrons. The Hall–Kier alpha value is -1.39. The van der Waals surface area contributed by atoms with Crippen LogP contribution < -0.4 is 4.90 Å². The van der Waals surface area contributed by atoms with Crippen LogP contribution in [-0.2, 0) is 14.3 Å². The second-order valence-electron chi connectivity index (χ2n) is 5.76. The molecule has 0 aliphatic carbocycles. The van der Waals surface area contributed by atoms with Crippen LogP contribution in [0.2, 0.25) is 0 Å². The molecule has 1 unspecified atom stereocenters. The van der Waals surface area contributed by atoms with E-state index in [9.17, 15) is 4.79 Å². The summed E-state index contributed by atoms with van der Waals surface area (Å²) in [4.78, 5) is 14.7. The van der Waals surface area contributed by atoms with Gasteiger partial charge in [-0.25, -0.2) is 0 Å². The largest absolute Gasteiger partial charge is 0.347 e. The lowest BCUT2D eigenvalue weighted by Crippen LogP contribution is -2.44. The summed E-state index contributed by atoms with van der Waals surface area (Å²) >= 11 is 0. The van der Waals surface area contributed by atoms with Gasteiger partial charge in [-0.15, -0.1) is 0 Å². The first-order valence-electron chi connectivity index (χ1n) is 7.67. The number of amides is 1. The van der Waals surface area contributed by atoms with Crippen molar-refractivity contribution in [2.45, 2.75) is 32.0 Å². The van der Waals surface area contributed by atoms with Gasteiger partial charge < -0.3 is 14.4 Å². The quantitative estimate of drug-likeness (QED) is 0.855. The fourth-order valence-electron chi connectivity index (χ4n) is 3.41. The Morgan fingerprint density at radius 2 is 2.14 bits per heavy atom. The van der Waals surface area contributed by atoms with Gasteiger partial charge in [0, 0.05) is 18.7 Å².